The molecule has 0 heterocycles. The normalized spacial score (nSPS) is 17.9. The molecule has 0 aliphatic heterocycles. The number of carbonyl (C=O) groups is 5. The Balaban J connectivity index is 1.99. The van der Waals surface area contributed by atoms with Crippen molar-refractivity contribution in [3.8, 4) is 0 Å². The highest BCUT2D eigenvalue weighted by molar-refractivity contribution is 5.92. The molecule has 4 atom stereocenters. The van der Waals surface area contributed by atoms with Crippen molar-refractivity contribution in [2.75, 3.05) is 0 Å². The van der Waals surface area contributed by atoms with E-state index < -0.39 is 24.1 Å². The number of Topliss-reactive ketones (excluding diaryl/α,β-unsaturated/α-hetero) is 2. The molecule has 198 valence electrons. The molecular weight excluding hydrogens is 460 g/mol. The van der Waals surface area contributed by atoms with Gasteiger partial charge in [0.15, 0.2) is 5.78 Å². The highest BCUT2D eigenvalue weighted by atomic mass is 16.5. The van der Waals surface area contributed by atoms with Gasteiger partial charge in [0.25, 0.3) is 0 Å². The summed E-state index contributed by atoms with van der Waals surface area (Å²) >= 11 is 0. The SMILES string of the molecule is CC(C)C[C@H](CC(=O)[C@@H](NC(=O)OCc1ccccc1)C(C)C)C(=O)N[C@H](C=O)C[C@@H]1CCCC1=O. The van der Waals surface area contributed by atoms with Gasteiger partial charge >= 0.3 is 6.09 Å². The van der Waals surface area contributed by atoms with E-state index in [2.05, 4.69) is 10.6 Å². The van der Waals surface area contributed by atoms with E-state index in [9.17, 15) is 24.0 Å². The fourth-order valence-electron chi connectivity index (χ4n) is 4.63. The van der Waals surface area contributed by atoms with Crippen LogP contribution in [0.3, 0.4) is 0 Å². The summed E-state index contributed by atoms with van der Waals surface area (Å²) in [6, 6.07) is 7.66. The lowest BCUT2D eigenvalue weighted by molar-refractivity contribution is -0.132. The van der Waals surface area contributed by atoms with E-state index in [0.29, 0.717) is 25.5 Å². The van der Waals surface area contributed by atoms with Gasteiger partial charge in [-0.05, 0) is 43.1 Å². The highest BCUT2D eigenvalue weighted by Crippen LogP contribution is 2.26. The van der Waals surface area contributed by atoms with E-state index in [1.807, 2.05) is 58.0 Å². The van der Waals surface area contributed by atoms with E-state index in [1.54, 1.807) is 0 Å². The van der Waals surface area contributed by atoms with E-state index in [1.165, 1.54) is 0 Å². The summed E-state index contributed by atoms with van der Waals surface area (Å²) in [4.78, 5) is 62.3. The van der Waals surface area contributed by atoms with Crippen LogP contribution in [0.1, 0.15) is 71.8 Å². The van der Waals surface area contributed by atoms with Crippen molar-refractivity contribution < 1.29 is 28.7 Å². The van der Waals surface area contributed by atoms with Gasteiger partial charge in [0.1, 0.15) is 18.7 Å². The summed E-state index contributed by atoms with van der Waals surface area (Å²) in [6.07, 6.45) is 2.71. The quantitative estimate of drug-likeness (QED) is 0.373. The first kappa shape index (κ1) is 29.2. The van der Waals surface area contributed by atoms with Gasteiger partial charge in [-0.25, -0.2) is 4.79 Å². The highest BCUT2D eigenvalue weighted by Gasteiger charge is 2.32. The lowest BCUT2D eigenvalue weighted by atomic mass is 9.87. The summed E-state index contributed by atoms with van der Waals surface area (Å²) in [7, 11) is 0. The number of carbonyl (C=O) groups excluding carboxylic acids is 5. The zero-order valence-electron chi connectivity index (χ0n) is 21.8. The molecule has 0 spiro atoms. The molecule has 0 radical (unpaired) electrons. The van der Waals surface area contributed by atoms with Crippen molar-refractivity contribution in [2.45, 2.75) is 84.9 Å². The largest absolute Gasteiger partial charge is 0.445 e. The van der Waals surface area contributed by atoms with Gasteiger partial charge in [0.05, 0.1) is 12.1 Å². The number of benzene rings is 1. The minimum Gasteiger partial charge on any atom is -0.445 e. The van der Waals surface area contributed by atoms with Crippen molar-refractivity contribution >= 4 is 29.9 Å². The molecule has 8 heteroatoms. The molecule has 36 heavy (non-hydrogen) atoms. The number of amides is 2. The Morgan fingerprint density at radius 3 is 2.33 bits per heavy atom. The molecule has 0 unspecified atom stereocenters. The number of hydrogen-bond acceptors (Lipinski definition) is 6. The minimum absolute atomic E-state index is 0.0697. The summed E-state index contributed by atoms with van der Waals surface area (Å²) in [5.41, 5.74) is 0.831. The maximum Gasteiger partial charge on any atom is 0.408 e. The Bertz CT molecular complexity index is 899. The summed E-state index contributed by atoms with van der Waals surface area (Å²) in [6.45, 7) is 7.63. The van der Waals surface area contributed by atoms with Crippen LogP contribution in [0.25, 0.3) is 0 Å². The monoisotopic (exact) mass is 500 g/mol. The Hall–Kier alpha value is -3.03. The molecule has 1 aliphatic rings. The van der Waals surface area contributed by atoms with E-state index in [0.717, 1.165) is 18.4 Å². The topological polar surface area (TPSA) is 119 Å². The van der Waals surface area contributed by atoms with E-state index >= 15 is 0 Å². The van der Waals surface area contributed by atoms with Crippen molar-refractivity contribution in [1.29, 1.82) is 0 Å². The summed E-state index contributed by atoms with van der Waals surface area (Å²) in [5.74, 6) is -1.44. The minimum atomic E-state index is -0.811. The lowest BCUT2D eigenvalue weighted by Crippen LogP contribution is -2.47. The van der Waals surface area contributed by atoms with Crippen LogP contribution in [-0.4, -0.2) is 41.9 Å². The van der Waals surface area contributed by atoms with Crippen molar-refractivity contribution in [3.63, 3.8) is 0 Å². The van der Waals surface area contributed by atoms with Crippen LogP contribution in [0.2, 0.25) is 0 Å². The summed E-state index contributed by atoms with van der Waals surface area (Å²) < 4.78 is 5.27. The Morgan fingerprint density at radius 1 is 1.08 bits per heavy atom. The van der Waals surface area contributed by atoms with Crippen LogP contribution >= 0.6 is 0 Å². The van der Waals surface area contributed by atoms with Crippen molar-refractivity contribution in [2.24, 2.45) is 23.7 Å². The number of ether oxygens (including phenoxy) is 1. The lowest BCUT2D eigenvalue weighted by Gasteiger charge is -2.25. The standard InChI is InChI=1S/C28H40N2O6/c1-18(2)13-22(27(34)29-23(16-31)14-21-11-8-12-24(21)32)15-25(33)26(19(3)4)30-28(35)36-17-20-9-6-5-7-10-20/h5-7,9-10,16,18-19,21-23,26H,8,11-15,17H2,1-4H3,(H,29,34)(H,30,35)/t21-,22+,23-,26-/m0/s1. The second-order valence-electron chi connectivity index (χ2n) is 10.5. The number of aldehydes is 1. The molecule has 1 aromatic carbocycles. The van der Waals surface area contributed by atoms with Crippen LogP contribution in [0.4, 0.5) is 4.79 Å². The number of nitrogens with one attached hydrogen (secondary N) is 2. The molecular formula is C28H40N2O6. The van der Waals surface area contributed by atoms with Gasteiger partial charge in [-0.1, -0.05) is 58.0 Å². The third-order valence-corrected chi connectivity index (χ3v) is 6.54. The van der Waals surface area contributed by atoms with Gasteiger partial charge in [-0.15, -0.1) is 0 Å². The predicted octanol–water partition coefficient (Wildman–Crippen LogP) is 4.00. The zero-order valence-corrected chi connectivity index (χ0v) is 21.8. The number of hydrogen-bond donors (Lipinski definition) is 2. The Labute approximate surface area is 213 Å². The fraction of sp³-hybridized carbons (Fsp3) is 0.607. The Kier molecular flexibility index (Phi) is 11.8. The average Bonchev–Trinajstić information content (AvgIpc) is 3.24. The second kappa shape index (κ2) is 14.5. The molecule has 0 aromatic heterocycles. The fourth-order valence-corrected chi connectivity index (χ4v) is 4.63. The molecule has 1 aliphatic carbocycles. The van der Waals surface area contributed by atoms with Gasteiger partial charge < -0.3 is 20.2 Å². The average molecular weight is 501 g/mol. The molecule has 1 aromatic rings. The molecule has 2 rings (SSSR count). The molecule has 2 amide bonds. The van der Waals surface area contributed by atoms with Gasteiger partial charge in [0.2, 0.25) is 5.91 Å². The molecule has 2 N–H and O–H groups in total. The van der Waals surface area contributed by atoms with Crippen molar-refractivity contribution in [1.82, 2.24) is 10.6 Å². The smallest absolute Gasteiger partial charge is 0.408 e. The molecule has 0 saturated heterocycles. The number of rotatable bonds is 14. The number of alkyl carbamates (subject to hydrolysis) is 1. The third-order valence-electron chi connectivity index (χ3n) is 6.54. The predicted molar refractivity (Wildman–Crippen MR) is 136 cm³/mol. The second-order valence-corrected chi connectivity index (χ2v) is 10.5. The van der Waals surface area contributed by atoms with Crippen LogP contribution in [0.5, 0.6) is 0 Å². The molecule has 0 bridgehead atoms. The number of ketones is 2. The molecule has 8 nitrogen and oxygen atoms in total. The maximum absolute atomic E-state index is 13.2. The van der Waals surface area contributed by atoms with E-state index in [4.69, 9.17) is 4.74 Å². The van der Waals surface area contributed by atoms with Gasteiger partial charge in [-0.3, -0.25) is 14.4 Å². The Morgan fingerprint density at radius 2 is 1.78 bits per heavy atom. The van der Waals surface area contributed by atoms with Crippen LogP contribution < -0.4 is 10.6 Å². The van der Waals surface area contributed by atoms with Crippen molar-refractivity contribution in [3.05, 3.63) is 35.9 Å². The van der Waals surface area contributed by atoms with Crippen LogP contribution in [0.15, 0.2) is 30.3 Å². The van der Waals surface area contributed by atoms with Gasteiger partial charge in [-0.2, -0.15) is 0 Å². The molecule has 1 fully saturated rings. The van der Waals surface area contributed by atoms with Gasteiger partial charge in [0, 0.05) is 24.7 Å². The first-order valence-corrected chi connectivity index (χ1v) is 12.9. The third kappa shape index (κ3) is 9.55. The maximum atomic E-state index is 13.2. The first-order chi connectivity index (χ1) is 17.1. The summed E-state index contributed by atoms with van der Waals surface area (Å²) in [5, 5.41) is 5.40. The van der Waals surface area contributed by atoms with E-state index in [-0.39, 0.29) is 48.3 Å². The zero-order chi connectivity index (χ0) is 26.7. The van der Waals surface area contributed by atoms with Crippen LogP contribution in [0, 0.1) is 23.7 Å². The first-order valence-electron chi connectivity index (χ1n) is 12.9. The van der Waals surface area contributed by atoms with Crippen LogP contribution in [-0.2, 0) is 30.5 Å². The molecule has 1 saturated carbocycles.